The predicted molar refractivity (Wildman–Crippen MR) is 137 cm³/mol. The van der Waals surface area contributed by atoms with Crippen LogP contribution in [0.2, 0.25) is 0 Å². The predicted octanol–water partition coefficient (Wildman–Crippen LogP) is 7.05. The number of rotatable bonds is 4. The van der Waals surface area contributed by atoms with E-state index in [4.69, 9.17) is 11.3 Å². The van der Waals surface area contributed by atoms with Crippen molar-refractivity contribution >= 4 is 27.5 Å². The van der Waals surface area contributed by atoms with Crippen molar-refractivity contribution in [3.05, 3.63) is 120 Å². The molecule has 0 radical (unpaired) electrons. The summed E-state index contributed by atoms with van der Waals surface area (Å²) in [4.78, 5) is 12.3. The molecular formula is C30H15N5OPt. The first-order chi connectivity index (χ1) is 17.7. The Morgan fingerprint density at radius 2 is 1.70 bits per heavy atom. The number of ether oxygens (including phenoxy) is 1. The molecule has 0 unspecified atom stereocenters. The van der Waals surface area contributed by atoms with E-state index >= 15 is 0 Å². The molecule has 176 valence electrons. The van der Waals surface area contributed by atoms with E-state index < -0.39 is 0 Å². The second-order valence-electron chi connectivity index (χ2n) is 8.00. The van der Waals surface area contributed by atoms with Crippen LogP contribution in [0.1, 0.15) is 5.56 Å². The van der Waals surface area contributed by atoms with Crippen molar-refractivity contribution in [2.75, 3.05) is 0 Å². The zero-order valence-electron chi connectivity index (χ0n) is 19.1. The summed E-state index contributed by atoms with van der Waals surface area (Å²) >= 11 is 0. The van der Waals surface area contributed by atoms with Gasteiger partial charge in [0.2, 0.25) is 5.88 Å². The SMILES string of the molecule is [C-]#[N+]c1ccc2c(c1)c1ccc(-c3[c-]c(Oc4ccccn4)cc(C#N)c3)[c-]c1n2-c1ccccn1.[Pt+2]. The Balaban J connectivity index is 0.00000280. The number of hydrogen-bond donors (Lipinski definition) is 0. The molecule has 0 aliphatic heterocycles. The fourth-order valence-corrected chi connectivity index (χ4v) is 4.21. The Bertz CT molecular complexity index is 1830. The summed E-state index contributed by atoms with van der Waals surface area (Å²) in [6.45, 7) is 7.43. The number of nitriles is 1. The van der Waals surface area contributed by atoms with Crippen LogP contribution in [-0.2, 0) is 21.1 Å². The molecule has 0 N–H and O–H groups in total. The molecule has 6 rings (SSSR count). The van der Waals surface area contributed by atoms with Gasteiger partial charge in [-0.05, 0) is 40.7 Å². The van der Waals surface area contributed by atoms with Crippen LogP contribution in [0.4, 0.5) is 5.69 Å². The molecular weight excluding hydrogens is 641 g/mol. The maximum Gasteiger partial charge on any atom is 2.00 e. The van der Waals surface area contributed by atoms with Gasteiger partial charge in [-0.2, -0.15) is 23.5 Å². The van der Waals surface area contributed by atoms with Gasteiger partial charge < -0.3 is 9.30 Å². The Kier molecular flexibility index (Phi) is 6.52. The molecule has 37 heavy (non-hydrogen) atoms. The van der Waals surface area contributed by atoms with Crippen LogP contribution in [0.5, 0.6) is 11.6 Å². The standard InChI is InChI=1S/C30H15N5O.Pt/c1-32-23-9-11-27-26(18-23)25-10-8-21(17-28(25)35(27)29-6-2-4-12-33-29)22-14-20(19-31)15-24(16-22)36-30-7-3-5-13-34-30;/h2-15,18H;/q-2;+2. The van der Waals surface area contributed by atoms with Crippen LogP contribution in [0.25, 0.3) is 43.6 Å². The summed E-state index contributed by atoms with van der Waals surface area (Å²) in [5.41, 5.74) is 4.16. The molecule has 0 spiro atoms. The van der Waals surface area contributed by atoms with E-state index in [1.807, 2.05) is 53.1 Å². The van der Waals surface area contributed by atoms with E-state index in [1.54, 1.807) is 42.7 Å². The van der Waals surface area contributed by atoms with E-state index in [-0.39, 0.29) is 21.1 Å². The molecule has 0 fully saturated rings. The largest absolute Gasteiger partial charge is 2.00 e. The van der Waals surface area contributed by atoms with Gasteiger partial charge >= 0.3 is 21.1 Å². The minimum absolute atomic E-state index is 0. The molecule has 0 aliphatic rings. The Hall–Kier alpha value is -4.77. The monoisotopic (exact) mass is 656 g/mol. The summed E-state index contributed by atoms with van der Waals surface area (Å²) in [6, 6.07) is 33.0. The third-order valence-electron chi connectivity index (χ3n) is 5.78. The molecule has 3 aromatic heterocycles. The molecule has 0 saturated carbocycles. The van der Waals surface area contributed by atoms with Crippen molar-refractivity contribution in [2.45, 2.75) is 0 Å². The van der Waals surface area contributed by atoms with Crippen LogP contribution in [0.3, 0.4) is 0 Å². The van der Waals surface area contributed by atoms with Crippen molar-refractivity contribution in [1.29, 1.82) is 5.26 Å². The van der Waals surface area contributed by atoms with Crippen LogP contribution >= 0.6 is 0 Å². The minimum Gasteiger partial charge on any atom is -0.460 e. The van der Waals surface area contributed by atoms with Crippen molar-refractivity contribution in [3.8, 4) is 34.6 Å². The second kappa shape index (κ2) is 10.1. The summed E-state index contributed by atoms with van der Waals surface area (Å²) in [5, 5.41) is 11.5. The van der Waals surface area contributed by atoms with Gasteiger partial charge in [0.25, 0.3) is 0 Å². The van der Waals surface area contributed by atoms with Gasteiger partial charge in [-0.3, -0.25) is 0 Å². The van der Waals surface area contributed by atoms with Crippen molar-refractivity contribution < 1.29 is 25.8 Å². The van der Waals surface area contributed by atoms with Crippen molar-refractivity contribution in [2.24, 2.45) is 0 Å². The smallest absolute Gasteiger partial charge is 0.460 e. The number of pyridine rings is 2. The quantitative estimate of drug-likeness (QED) is 0.191. The molecule has 3 aromatic carbocycles. The van der Waals surface area contributed by atoms with E-state index in [0.29, 0.717) is 28.4 Å². The normalized spacial score (nSPS) is 10.4. The number of aromatic nitrogens is 3. The fourth-order valence-electron chi connectivity index (χ4n) is 4.21. The Morgan fingerprint density at radius 1 is 0.865 bits per heavy atom. The topological polar surface area (TPSA) is 68.1 Å². The van der Waals surface area contributed by atoms with Gasteiger partial charge in [0, 0.05) is 29.7 Å². The summed E-state index contributed by atoms with van der Waals surface area (Å²) < 4.78 is 7.89. The molecule has 0 amide bonds. The molecule has 6 aromatic rings. The van der Waals surface area contributed by atoms with Gasteiger partial charge in [-0.15, -0.1) is 12.1 Å². The van der Waals surface area contributed by atoms with Gasteiger partial charge in [-0.25, -0.2) is 25.9 Å². The van der Waals surface area contributed by atoms with E-state index in [9.17, 15) is 5.26 Å². The zero-order chi connectivity index (χ0) is 24.5. The van der Waals surface area contributed by atoms with Gasteiger partial charge in [-0.1, -0.05) is 35.7 Å². The second-order valence-corrected chi connectivity index (χ2v) is 8.00. The van der Waals surface area contributed by atoms with E-state index in [0.717, 1.165) is 33.2 Å². The molecule has 0 aliphatic carbocycles. The van der Waals surface area contributed by atoms with Gasteiger partial charge in [0.1, 0.15) is 5.82 Å². The van der Waals surface area contributed by atoms with E-state index in [1.165, 1.54) is 0 Å². The Morgan fingerprint density at radius 3 is 2.43 bits per heavy atom. The first-order valence-corrected chi connectivity index (χ1v) is 11.1. The summed E-state index contributed by atoms with van der Waals surface area (Å²) in [6.07, 6.45) is 3.39. The molecule has 0 saturated heterocycles. The maximum absolute atomic E-state index is 9.63. The summed E-state index contributed by atoms with van der Waals surface area (Å²) in [5.74, 6) is 1.55. The minimum atomic E-state index is 0. The molecule has 3 heterocycles. The van der Waals surface area contributed by atoms with Gasteiger partial charge in [0.05, 0.1) is 12.6 Å². The molecule has 7 heteroatoms. The average Bonchev–Trinajstić information content (AvgIpc) is 3.26. The molecule has 0 atom stereocenters. The first kappa shape index (κ1) is 23.9. The molecule has 6 nitrogen and oxygen atoms in total. The van der Waals surface area contributed by atoms with Crippen molar-refractivity contribution in [1.82, 2.24) is 14.5 Å². The van der Waals surface area contributed by atoms with Crippen LogP contribution in [-0.4, -0.2) is 14.5 Å². The number of nitrogens with zero attached hydrogens (tertiary/aromatic N) is 5. The third-order valence-corrected chi connectivity index (χ3v) is 5.78. The molecule has 0 bridgehead atoms. The number of fused-ring (bicyclic) bond motifs is 3. The first-order valence-electron chi connectivity index (χ1n) is 11.1. The fraction of sp³-hybridized carbons (Fsp3) is 0. The van der Waals surface area contributed by atoms with Crippen molar-refractivity contribution in [3.63, 3.8) is 0 Å². The third kappa shape index (κ3) is 4.47. The van der Waals surface area contributed by atoms with Crippen LogP contribution in [0.15, 0.2) is 91.3 Å². The number of hydrogen-bond acceptors (Lipinski definition) is 4. The van der Waals surface area contributed by atoms with Gasteiger partial charge in [0.15, 0.2) is 5.69 Å². The van der Waals surface area contributed by atoms with Crippen LogP contribution in [0, 0.1) is 30.0 Å². The maximum atomic E-state index is 9.63. The zero-order valence-corrected chi connectivity index (χ0v) is 21.4. The number of benzene rings is 3. The average molecular weight is 657 g/mol. The Labute approximate surface area is 227 Å². The van der Waals surface area contributed by atoms with Crippen LogP contribution < -0.4 is 4.74 Å². The van der Waals surface area contributed by atoms with E-state index in [2.05, 4.69) is 33.0 Å². The summed E-state index contributed by atoms with van der Waals surface area (Å²) in [7, 11) is 0.